The normalized spacial score (nSPS) is 15.2. The lowest BCUT2D eigenvalue weighted by molar-refractivity contribution is -0.140. The van der Waals surface area contributed by atoms with Gasteiger partial charge in [0.1, 0.15) is 5.75 Å². The Morgan fingerprint density at radius 2 is 1.66 bits per heavy atom. The van der Waals surface area contributed by atoms with E-state index >= 15 is 0 Å². The van der Waals surface area contributed by atoms with Crippen molar-refractivity contribution in [2.45, 2.75) is 12.8 Å². The van der Waals surface area contributed by atoms with Gasteiger partial charge in [-0.25, -0.2) is 0 Å². The summed E-state index contributed by atoms with van der Waals surface area (Å²) in [6, 6.07) is 10.9. The van der Waals surface area contributed by atoms with Gasteiger partial charge in [-0.15, -0.1) is 0 Å². The molecule has 7 nitrogen and oxygen atoms in total. The van der Waals surface area contributed by atoms with Gasteiger partial charge in [-0.05, 0) is 60.4 Å². The summed E-state index contributed by atoms with van der Waals surface area (Å²) in [5.41, 5.74) is 2.09. The number of nitrogens with zero attached hydrogens (tertiary/aromatic N) is 1. The van der Waals surface area contributed by atoms with Crippen LogP contribution in [0.15, 0.2) is 48.0 Å². The van der Waals surface area contributed by atoms with Gasteiger partial charge in [-0.3, -0.25) is 14.5 Å². The van der Waals surface area contributed by atoms with Crippen LogP contribution in [0.3, 0.4) is 0 Å². The smallest absolute Gasteiger partial charge is 0.256 e. The molecule has 3 rings (SSSR count). The van der Waals surface area contributed by atoms with Gasteiger partial charge < -0.3 is 18.9 Å². The van der Waals surface area contributed by atoms with E-state index < -0.39 is 0 Å². The Kier molecular flexibility index (Phi) is 7.54. The van der Waals surface area contributed by atoms with Crippen molar-refractivity contribution in [2.75, 3.05) is 35.0 Å². The molecule has 0 spiro atoms. The van der Waals surface area contributed by atoms with Gasteiger partial charge in [0.05, 0.1) is 28.4 Å². The zero-order chi connectivity index (χ0) is 23.1. The van der Waals surface area contributed by atoms with E-state index in [4.69, 9.17) is 18.9 Å². The van der Waals surface area contributed by atoms with Gasteiger partial charge in [0.25, 0.3) is 11.8 Å². The van der Waals surface area contributed by atoms with E-state index in [-0.39, 0.29) is 11.8 Å². The molecule has 0 bridgehead atoms. The molecule has 7 heteroatoms. The third kappa shape index (κ3) is 5.11. The Morgan fingerprint density at radius 3 is 2.28 bits per heavy atom. The first-order valence-electron chi connectivity index (χ1n) is 10.2. The minimum absolute atomic E-state index is 0.301. The van der Waals surface area contributed by atoms with E-state index in [1.165, 1.54) is 32.3 Å². The average molecular weight is 437 g/mol. The van der Waals surface area contributed by atoms with E-state index in [0.29, 0.717) is 48.0 Å². The van der Waals surface area contributed by atoms with Crippen LogP contribution in [0.2, 0.25) is 0 Å². The summed E-state index contributed by atoms with van der Waals surface area (Å²) < 4.78 is 21.3. The van der Waals surface area contributed by atoms with Gasteiger partial charge in [0, 0.05) is 18.2 Å². The lowest BCUT2D eigenvalue weighted by atomic mass is 10.00. The Balaban J connectivity index is 1.82. The topological polar surface area (TPSA) is 74.3 Å². The SMILES string of the molecule is COc1cccc(/C=C/C(=O)N2CCC/C(=C\c3cc(OC)c(OC)c(OC)c3)C2=O)c1. The molecule has 1 fully saturated rings. The first-order valence-corrected chi connectivity index (χ1v) is 10.2. The largest absolute Gasteiger partial charge is 0.497 e. The molecule has 0 N–H and O–H groups in total. The molecule has 0 saturated carbocycles. The van der Waals surface area contributed by atoms with Crippen LogP contribution < -0.4 is 18.9 Å². The Hall–Kier alpha value is -3.74. The molecular weight excluding hydrogens is 410 g/mol. The molecule has 32 heavy (non-hydrogen) atoms. The molecule has 0 unspecified atom stereocenters. The van der Waals surface area contributed by atoms with Crippen LogP contribution in [0.5, 0.6) is 23.0 Å². The number of amides is 2. The van der Waals surface area contributed by atoms with Gasteiger partial charge in [0.15, 0.2) is 11.5 Å². The van der Waals surface area contributed by atoms with Crippen molar-refractivity contribution in [3.05, 3.63) is 59.2 Å². The predicted molar refractivity (Wildman–Crippen MR) is 122 cm³/mol. The fourth-order valence-electron chi connectivity index (χ4n) is 3.54. The molecule has 1 aliphatic heterocycles. The average Bonchev–Trinajstić information content (AvgIpc) is 2.83. The molecule has 168 valence electrons. The van der Waals surface area contributed by atoms with Crippen molar-refractivity contribution < 1.29 is 28.5 Å². The lowest BCUT2D eigenvalue weighted by Crippen LogP contribution is -2.40. The third-order valence-electron chi connectivity index (χ3n) is 5.15. The van der Waals surface area contributed by atoms with Crippen LogP contribution in [0.25, 0.3) is 12.2 Å². The summed E-state index contributed by atoms with van der Waals surface area (Å²) in [6.45, 7) is 0.382. The molecule has 1 saturated heterocycles. The number of rotatable bonds is 7. The molecule has 2 aromatic rings. The zero-order valence-corrected chi connectivity index (χ0v) is 18.7. The van der Waals surface area contributed by atoms with Gasteiger partial charge in [0.2, 0.25) is 5.75 Å². The second-order valence-corrected chi connectivity index (χ2v) is 7.14. The first kappa shape index (κ1) is 22.9. The number of likely N-dealkylation sites (tertiary alicyclic amines) is 1. The Bertz CT molecular complexity index is 1030. The number of piperidine rings is 1. The van der Waals surface area contributed by atoms with Crippen molar-refractivity contribution >= 4 is 24.0 Å². The minimum atomic E-state index is -0.353. The number of ether oxygens (including phenoxy) is 4. The minimum Gasteiger partial charge on any atom is -0.497 e. The van der Waals surface area contributed by atoms with E-state index in [0.717, 1.165) is 11.1 Å². The van der Waals surface area contributed by atoms with Crippen molar-refractivity contribution in [1.29, 1.82) is 0 Å². The second kappa shape index (κ2) is 10.5. The highest BCUT2D eigenvalue weighted by atomic mass is 16.5. The molecule has 0 aliphatic carbocycles. The summed E-state index contributed by atoms with van der Waals surface area (Å²) >= 11 is 0. The molecular formula is C25H27NO6. The fourth-order valence-corrected chi connectivity index (χ4v) is 3.54. The Morgan fingerprint density at radius 1 is 0.938 bits per heavy atom. The van der Waals surface area contributed by atoms with Gasteiger partial charge >= 0.3 is 0 Å². The van der Waals surface area contributed by atoms with Crippen LogP contribution in [0, 0.1) is 0 Å². The summed E-state index contributed by atoms with van der Waals surface area (Å²) in [5, 5.41) is 0. The fraction of sp³-hybridized carbons (Fsp3) is 0.280. The molecule has 1 aliphatic rings. The van der Waals surface area contributed by atoms with Crippen LogP contribution in [-0.2, 0) is 9.59 Å². The number of carbonyl (C=O) groups is 2. The highest BCUT2D eigenvalue weighted by Crippen LogP contribution is 2.39. The molecule has 2 amide bonds. The van der Waals surface area contributed by atoms with Crippen molar-refractivity contribution in [1.82, 2.24) is 4.90 Å². The highest BCUT2D eigenvalue weighted by Gasteiger charge is 2.27. The van der Waals surface area contributed by atoms with Gasteiger partial charge in [-0.1, -0.05) is 12.1 Å². The van der Waals surface area contributed by atoms with Crippen molar-refractivity contribution in [3.63, 3.8) is 0 Å². The van der Waals surface area contributed by atoms with Crippen molar-refractivity contribution in [2.24, 2.45) is 0 Å². The standard InChI is InChI=1S/C25H27NO6/c1-29-20-9-5-7-17(14-20)10-11-23(27)26-12-6-8-19(25(26)28)13-18-15-21(30-2)24(32-4)22(16-18)31-3/h5,7,9-11,13-16H,6,8,12H2,1-4H3/b11-10+,19-13+. The van der Waals surface area contributed by atoms with Crippen LogP contribution in [-0.4, -0.2) is 51.7 Å². The number of benzene rings is 2. The molecule has 0 aromatic heterocycles. The van der Waals surface area contributed by atoms with E-state index in [1.54, 1.807) is 31.4 Å². The molecule has 0 radical (unpaired) electrons. The summed E-state index contributed by atoms with van der Waals surface area (Å²) in [7, 11) is 6.19. The second-order valence-electron chi connectivity index (χ2n) is 7.14. The molecule has 2 aromatic carbocycles. The lowest BCUT2D eigenvalue weighted by Gasteiger charge is -2.26. The first-order chi connectivity index (χ1) is 15.5. The zero-order valence-electron chi connectivity index (χ0n) is 18.7. The summed E-state index contributed by atoms with van der Waals surface area (Å²) in [5.74, 6) is 1.52. The summed E-state index contributed by atoms with van der Waals surface area (Å²) in [6.07, 6.45) is 6.13. The molecule has 1 heterocycles. The summed E-state index contributed by atoms with van der Waals surface area (Å²) in [4.78, 5) is 27.0. The van der Waals surface area contributed by atoms with E-state index in [1.807, 2.05) is 24.3 Å². The number of hydrogen-bond donors (Lipinski definition) is 0. The van der Waals surface area contributed by atoms with Crippen LogP contribution in [0.4, 0.5) is 0 Å². The Labute approximate surface area is 187 Å². The van der Waals surface area contributed by atoms with Crippen molar-refractivity contribution in [3.8, 4) is 23.0 Å². The van der Waals surface area contributed by atoms with Gasteiger partial charge in [-0.2, -0.15) is 0 Å². The maximum atomic E-state index is 13.0. The number of imide groups is 1. The van der Waals surface area contributed by atoms with Crippen LogP contribution >= 0.6 is 0 Å². The highest BCUT2D eigenvalue weighted by molar-refractivity contribution is 6.11. The van der Waals surface area contributed by atoms with E-state index in [9.17, 15) is 9.59 Å². The quantitative estimate of drug-likeness (QED) is 0.611. The predicted octanol–water partition coefficient (Wildman–Crippen LogP) is 3.97. The van der Waals surface area contributed by atoms with Crippen LogP contribution in [0.1, 0.15) is 24.0 Å². The monoisotopic (exact) mass is 437 g/mol. The number of hydrogen-bond acceptors (Lipinski definition) is 6. The number of carbonyl (C=O) groups excluding carboxylic acids is 2. The molecule has 0 atom stereocenters. The maximum Gasteiger partial charge on any atom is 0.256 e. The third-order valence-corrected chi connectivity index (χ3v) is 5.15. The van der Waals surface area contributed by atoms with E-state index in [2.05, 4.69) is 0 Å². The maximum absolute atomic E-state index is 13.0. The number of methoxy groups -OCH3 is 4.